The third-order valence-electron chi connectivity index (χ3n) is 3.21. The van der Waals surface area contributed by atoms with Crippen molar-refractivity contribution in [1.82, 2.24) is 5.32 Å². The minimum Gasteiger partial charge on any atom is -0.386 e. The normalized spacial score (nSPS) is 10.7. The molecule has 7 nitrogen and oxygen atoms in total. The van der Waals surface area contributed by atoms with E-state index in [4.69, 9.17) is 28.5 Å². The summed E-state index contributed by atoms with van der Waals surface area (Å²) in [5.41, 5.74) is 0.498. The monoisotopic (exact) mass is 390 g/mol. The molecule has 0 aliphatic rings. The maximum Gasteiger partial charge on any atom is 0.289 e. The van der Waals surface area contributed by atoms with Gasteiger partial charge in [0, 0.05) is 29.5 Å². The molecule has 0 fully saturated rings. The van der Waals surface area contributed by atoms with Gasteiger partial charge in [0.1, 0.15) is 16.7 Å². The summed E-state index contributed by atoms with van der Waals surface area (Å²) in [6.07, 6.45) is 1.26. The van der Waals surface area contributed by atoms with Crippen molar-refractivity contribution in [3.8, 4) is 6.07 Å². The third-order valence-corrected chi connectivity index (χ3v) is 3.76. The van der Waals surface area contributed by atoms with Crippen molar-refractivity contribution in [1.29, 1.82) is 5.26 Å². The van der Waals surface area contributed by atoms with Crippen LogP contribution in [-0.4, -0.2) is 10.8 Å². The second-order valence-corrected chi connectivity index (χ2v) is 5.90. The number of benzene rings is 2. The first-order valence-electron chi connectivity index (χ1n) is 7.24. The van der Waals surface area contributed by atoms with Gasteiger partial charge in [-0.05, 0) is 29.8 Å². The van der Waals surface area contributed by atoms with Gasteiger partial charge < -0.3 is 10.6 Å². The van der Waals surface area contributed by atoms with Crippen molar-refractivity contribution in [2.45, 2.75) is 6.54 Å². The molecule has 0 radical (unpaired) electrons. The van der Waals surface area contributed by atoms with Crippen LogP contribution in [0.2, 0.25) is 10.0 Å². The number of nitrogens with zero attached hydrogens (tertiary/aromatic N) is 2. The van der Waals surface area contributed by atoms with Crippen molar-refractivity contribution < 1.29 is 9.72 Å². The number of nitro benzene ring substituents is 1. The van der Waals surface area contributed by atoms with E-state index in [-0.39, 0.29) is 22.0 Å². The maximum absolute atomic E-state index is 12.1. The molecule has 0 bridgehead atoms. The van der Waals surface area contributed by atoms with Gasteiger partial charge in [-0.3, -0.25) is 14.9 Å². The average Bonchev–Trinajstić information content (AvgIpc) is 2.60. The molecule has 1 amide bonds. The van der Waals surface area contributed by atoms with Gasteiger partial charge in [-0.2, -0.15) is 5.26 Å². The van der Waals surface area contributed by atoms with E-state index in [1.54, 1.807) is 24.3 Å². The summed E-state index contributed by atoms with van der Waals surface area (Å²) in [6, 6.07) is 12.7. The lowest BCUT2D eigenvalue weighted by Gasteiger charge is -2.06. The zero-order chi connectivity index (χ0) is 19.1. The average molecular weight is 391 g/mol. The van der Waals surface area contributed by atoms with Gasteiger partial charge >= 0.3 is 0 Å². The second-order valence-electron chi connectivity index (χ2n) is 5.06. The van der Waals surface area contributed by atoms with Gasteiger partial charge in [0.05, 0.1) is 4.92 Å². The molecule has 2 rings (SSSR count). The number of amides is 1. The van der Waals surface area contributed by atoms with E-state index in [0.717, 1.165) is 11.6 Å². The highest BCUT2D eigenvalue weighted by molar-refractivity contribution is 6.32. The molecule has 0 atom stereocenters. The Bertz CT molecular complexity index is 922. The SMILES string of the molecule is N#C/C(=C/NCc1cccc(Cl)c1)C(=O)Nc1ccc(Cl)c([N+](=O)[O-])c1. The lowest BCUT2D eigenvalue weighted by molar-refractivity contribution is -0.384. The van der Waals surface area contributed by atoms with Crippen molar-refractivity contribution >= 4 is 40.5 Å². The molecule has 0 unspecified atom stereocenters. The molecule has 0 aliphatic heterocycles. The molecule has 2 aromatic rings. The smallest absolute Gasteiger partial charge is 0.289 e. The molecule has 9 heteroatoms. The third kappa shape index (κ3) is 5.21. The Balaban J connectivity index is 2.05. The van der Waals surface area contributed by atoms with E-state index in [1.165, 1.54) is 18.3 Å². The molecule has 132 valence electrons. The molecule has 0 spiro atoms. The highest BCUT2D eigenvalue weighted by Gasteiger charge is 2.15. The first kappa shape index (κ1) is 19.2. The minimum absolute atomic E-state index is 0.0489. The Morgan fingerprint density at radius 2 is 2.04 bits per heavy atom. The first-order valence-corrected chi connectivity index (χ1v) is 7.99. The number of halogens is 2. The molecule has 0 aliphatic carbocycles. The number of hydrogen-bond acceptors (Lipinski definition) is 5. The largest absolute Gasteiger partial charge is 0.386 e. The fraction of sp³-hybridized carbons (Fsp3) is 0.0588. The highest BCUT2D eigenvalue weighted by atomic mass is 35.5. The summed E-state index contributed by atoms with van der Waals surface area (Å²) in [5, 5.41) is 25.8. The van der Waals surface area contributed by atoms with E-state index >= 15 is 0 Å². The van der Waals surface area contributed by atoms with Crippen LogP contribution < -0.4 is 10.6 Å². The van der Waals surface area contributed by atoms with E-state index in [9.17, 15) is 14.9 Å². The Kier molecular flexibility index (Phi) is 6.55. The van der Waals surface area contributed by atoms with Gasteiger partial charge in [-0.15, -0.1) is 0 Å². The Morgan fingerprint density at radius 1 is 1.27 bits per heavy atom. The van der Waals surface area contributed by atoms with E-state index in [0.29, 0.717) is 11.6 Å². The zero-order valence-corrected chi connectivity index (χ0v) is 14.7. The number of hydrogen-bond donors (Lipinski definition) is 2. The summed E-state index contributed by atoms with van der Waals surface area (Å²) >= 11 is 11.6. The maximum atomic E-state index is 12.1. The van der Waals surface area contributed by atoms with Crippen molar-refractivity contribution in [3.05, 3.63) is 80.0 Å². The fourth-order valence-electron chi connectivity index (χ4n) is 2.00. The van der Waals surface area contributed by atoms with E-state index < -0.39 is 10.8 Å². The van der Waals surface area contributed by atoms with Gasteiger partial charge in [-0.25, -0.2) is 0 Å². The number of anilines is 1. The number of carbonyl (C=O) groups is 1. The van der Waals surface area contributed by atoms with Crippen molar-refractivity contribution in [2.75, 3.05) is 5.32 Å². The van der Waals surface area contributed by atoms with E-state index in [1.807, 2.05) is 6.07 Å². The van der Waals surface area contributed by atoms with Gasteiger partial charge in [-0.1, -0.05) is 35.3 Å². The lowest BCUT2D eigenvalue weighted by Crippen LogP contribution is -2.16. The van der Waals surface area contributed by atoms with Crippen LogP contribution in [0.3, 0.4) is 0 Å². The summed E-state index contributed by atoms with van der Waals surface area (Å²) in [7, 11) is 0. The topological polar surface area (TPSA) is 108 Å². The predicted molar refractivity (Wildman–Crippen MR) is 98.7 cm³/mol. The quantitative estimate of drug-likeness (QED) is 0.334. The molecule has 0 aromatic heterocycles. The van der Waals surface area contributed by atoms with Crippen LogP contribution in [0.15, 0.2) is 54.2 Å². The van der Waals surface area contributed by atoms with Crippen molar-refractivity contribution in [2.24, 2.45) is 0 Å². The second kappa shape index (κ2) is 8.85. The summed E-state index contributed by atoms with van der Waals surface area (Å²) < 4.78 is 0. The molecule has 0 heterocycles. The lowest BCUT2D eigenvalue weighted by atomic mass is 10.2. The predicted octanol–water partition coefficient (Wildman–Crippen LogP) is 4.04. The molecule has 0 saturated carbocycles. The van der Waals surface area contributed by atoms with E-state index in [2.05, 4.69) is 10.6 Å². The Morgan fingerprint density at radius 3 is 2.69 bits per heavy atom. The number of nitrogens with one attached hydrogen (secondary N) is 2. The van der Waals surface area contributed by atoms with Gasteiger partial charge in [0.25, 0.3) is 11.6 Å². The molecule has 2 N–H and O–H groups in total. The van der Waals surface area contributed by atoms with Gasteiger partial charge in [0.2, 0.25) is 0 Å². The van der Waals surface area contributed by atoms with Gasteiger partial charge in [0.15, 0.2) is 0 Å². The van der Waals surface area contributed by atoms with Crippen LogP contribution in [0.4, 0.5) is 11.4 Å². The number of nitriles is 1. The Hall–Kier alpha value is -3.08. The van der Waals surface area contributed by atoms with Crippen LogP contribution in [0.1, 0.15) is 5.56 Å². The number of carbonyl (C=O) groups excluding carboxylic acids is 1. The fourth-order valence-corrected chi connectivity index (χ4v) is 2.39. The first-order chi connectivity index (χ1) is 12.4. The standard InChI is InChI=1S/C17H12Cl2N4O3/c18-13-3-1-2-11(6-13)9-21-10-12(8-20)17(24)22-14-4-5-15(19)16(7-14)23(25)26/h1-7,10,21H,9H2,(H,22,24)/b12-10-. The van der Waals surface area contributed by atoms with Crippen molar-refractivity contribution in [3.63, 3.8) is 0 Å². The minimum atomic E-state index is -0.706. The zero-order valence-electron chi connectivity index (χ0n) is 13.2. The summed E-state index contributed by atoms with van der Waals surface area (Å²) in [5.74, 6) is -0.706. The summed E-state index contributed by atoms with van der Waals surface area (Å²) in [4.78, 5) is 22.4. The van der Waals surface area contributed by atoms with Crippen LogP contribution in [0, 0.1) is 21.4 Å². The number of nitro groups is 1. The molecule has 26 heavy (non-hydrogen) atoms. The van der Waals surface area contributed by atoms with Crippen LogP contribution >= 0.6 is 23.2 Å². The highest BCUT2D eigenvalue weighted by Crippen LogP contribution is 2.27. The van der Waals surface area contributed by atoms with Crippen LogP contribution in [-0.2, 0) is 11.3 Å². The molecular formula is C17H12Cl2N4O3. The van der Waals surface area contributed by atoms with Crippen LogP contribution in [0.25, 0.3) is 0 Å². The molecule has 0 saturated heterocycles. The number of rotatable bonds is 6. The molecule has 2 aromatic carbocycles. The summed E-state index contributed by atoms with van der Waals surface area (Å²) in [6.45, 7) is 0.367. The molecular weight excluding hydrogens is 379 g/mol. The Labute approximate surface area is 159 Å². The van der Waals surface area contributed by atoms with Crippen LogP contribution in [0.5, 0.6) is 0 Å².